The molecule has 0 saturated carbocycles. The predicted molar refractivity (Wildman–Crippen MR) is 94.8 cm³/mol. The highest BCUT2D eigenvalue weighted by Crippen LogP contribution is 2.40. The van der Waals surface area contributed by atoms with Crippen LogP contribution in [0, 0.1) is 5.41 Å². The second kappa shape index (κ2) is 6.78. The molecule has 2 aromatic heterocycles. The van der Waals surface area contributed by atoms with Gasteiger partial charge in [-0.2, -0.15) is 0 Å². The molecule has 2 aliphatic rings. The first-order valence-electron chi connectivity index (χ1n) is 8.92. The van der Waals surface area contributed by atoms with Crippen LogP contribution in [0.2, 0.25) is 0 Å². The molecule has 130 valence electrons. The van der Waals surface area contributed by atoms with Crippen molar-refractivity contribution in [3.8, 4) is 0 Å². The highest BCUT2D eigenvalue weighted by Gasteiger charge is 2.42. The highest BCUT2D eigenvalue weighted by molar-refractivity contribution is 5.77. The van der Waals surface area contributed by atoms with E-state index in [9.17, 15) is 4.79 Å². The Kier molecular flexibility index (Phi) is 4.34. The molecule has 1 atom stereocenters. The zero-order valence-electron chi connectivity index (χ0n) is 14.3. The molecule has 4 rings (SSSR count). The highest BCUT2D eigenvalue weighted by atomic mass is 16.2. The number of hydrogen-bond donors (Lipinski definition) is 0. The Balaban J connectivity index is 1.50. The summed E-state index contributed by atoms with van der Waals surface area (Å²) in [5.74, 6) is 1.20. The quantitative estimate of drug-likeness (QED) is 0.860. The summed E-state index contributed by atoms with van der Waals surface area (Å²) in [4.78, 5) is 29.6. The van der Waals surface area contributed by atoms with Gasteiger partial charge in [0, 0.05) is 62.8 Å². The summed E-state index contributed by atoms with van der Waals surface area (Å²) < 4.78 is 0. The third-order valence-electron chi connectivity index (χ3n) is 5.38. The van der Waals surface area contributed by atoms with Gasteiger partial charge >= 0.3 is 0 Å². The van der Waals surface area contributed by atoms with Crippen LogP contribution in [0.15, 0.2) is 43.1 Å². The standard InChI is InChI=1S/C19H23N5O/c25-18-4-6-19(15-24(18)13-16-3-1-7-20-11-16)5-2-10-23(14-19)17-12-21-8-9-22-17/h1,3,7-9,11-12H,2,4-6,10,13-15H2. The predicted octanol–water partition coefficient (Wildman–Crippen LogP) is 2.28. The molecule has 1 spiro atoms. The summed E-state index contributed by atoms with van der Waals surface area (Å²) >= 11 is 0. The van der Waals surface area contributed by atoms with Gasteiger partial charge in [-0.1, -0.05) is 6.07 Å². The van der Waals surface area contributed by atoms with E-state index in [2.05, 4.69) is 19.9 Å². The van der Waals surface area contributed by atoms with Gasteiger partial charge in [-0.25, -0.2) is 4.98 Å². The van der Waals surface area contributed by atoms with E-state index in [0.29, 0.717) is 13.0 Å². The van der Waals surface area contributed by atoms with Gasteiger partial charge in [-0.15, -0.1) is 0 Å². The van der Waals surface area contributed by atoms with Gasteiger partial charge in [0.2, 0.25) is 5.91 Å². The number of anilines is 1. The van der Waals surface area contributed by atoms with Gasteiger partial charge in [0.25, 0.3) is 0 Å². The Morgan fingerprint density at radius 1 is 1.08 bits per heavy atom. The fourth-order valence-corrected chi connectivity index (χ4v) is 4.15. The molecule has 0 aromatic carbocycles. The van der Waals surface area contributed by atoms with Gasteiger partial charge in [-0.05, 0) is 30.9 Å². The van der Waals surface area contributed by atoms with Gasteiger partial charge in [0.1, 0.15) is 5.82 Å². The third kappa shape index (κ3) is 3.48. The van der Waals surface area contributed by atoms with E-state index in [0.717, 1.165) is 43.9 Å². The van der Waals surface area contributed by atoms with Crippen molar-refractivity contribution in [3.63, 3.8) is 0 Å². The molecule has 0 aliphatic carbocycles. The Hall–Kier alpha value is -2.50. The molecular weight excluding hydrogens is 314 g/mol. The van der Waals surface area contributed by atoms with Gasteiger partial charge in [-0.3, -0.25) is 14.8 Å². The molecule has 6 nitrogen and oxygen atoms in total. The van der Waals surface area contributed by atoms with Crippen LogP contribution in [0.3, 0.4) is 0 Å². The number of pyridine rings is 1. The number of carbonyl (C=O) groups is 1. The second-order valence-electron chi connectivity index (χ2n) is 7.20. The maximum Gasteiger partial charge on any atom is 0.222 e. The summed E-state index contributed by atoms with van der Waals surface area (Å²) in [7, 11) is 0. The molecule has 0 N–H and O–H groups in total. The van der Waals surface area contributed by atoms with Crippen molar-refractivity contribution < 1.29 is 4.79 Å². The number of carbonyl (C=O) groups excluding carboxylic acids is 1. The zero-order valence-corrected chi connectivity index (χ0v) is 14.3. The minimum absolute atomic E-state index is 0.159. The second-order valence-corrected chi connectivity index (χ2v) is 7.20. The smallest absolute Gasteiger partial charge is 0.222 e. The van der Waals surface area contributed by atoms with Crippen LogP contribution >= 0.6 is 0 Å². The molecule has 2 fully saturated rings. The maximum absolute atomic E-state index is 12.4. The topological polar surface area (TPSA) is 62.2 Å². The van der Waals surface area contributed by atoms with Crippen molar-refractivity contribution in [2.24, 2.45) is 5.41 Å². The molecule has 25 heavy (non-hydrogen) atoms. The van der Waals surface area contributed by atoms with E-state index in [-0.39, 0.29) is 11.3 Å². The Labute approximate surface area is 147 Å². The third-order valence-corrected chi connectivity index (χ3v) is 5.38. The lowest BCUT2D eigenvalue weighted by molar-refractivity contribution is -0.138. The van der Waals surface area contributed by atoms with Gasteiger partial charge in [0.15, 0.2) is 0 Å². The minimum Gasteiger partial charge on any atom is -0.355 e. The average molecular weight is 337 g/mol. The van der Waals surface area contributed by atoms with E-state index in [1.807, 2.05) is 29.4 Å². The normalized spacial score (nSPS) is 23.9. The lowest BCUT2D eigenvalue weighted by Crippen LogP contribution is -2.54. The molecule has 2 aromatic rings. The fourth-order valence-electron chi connectivity index (χ4n) is 4.15. The van der Waals surface area contributed by atoms with E-state index < -0.39 is 0 Å². The van der Waals surface area contributed by atoms with E-state index in [1.54, 1.807) is 18.6 Å². The van der Waals surface area contributed by atoms with Crippen LogP contribution in [0.5, 0.6) is 0 Å². The summed E-state index contributed by atoms with van der Waals surface area (Å²) in [5, 5.41) is 0. The lowest BCUT2D eigenvalue weighted by atomic mass is 9.73. The van der Waals surface area contributed by atoms with Crippen molar-refractivity contribution in [3.05, 3.63) is 48.7 Å². The van der Waals surface area contributed by atoms with Crippen molar-refractivity contribution in [1.29, 1.82) is 0 Å². The molecule has 0 bridgehead atoms. The van der Waals surface area contributed by atoms with Crippen LogP contribution in [0.25, 0.3) is 0 Å². The number of amides is 1. The SMILES string of the molecule is O=C1CCC2(CCCN(c3cnccn3)C2)CN1Cc1cccnc1. The molecule has 0 radical (unpaired) electrons. The number of aromatic nitrogens is 3. The van der Waals surface area contributed by atoms with Crippen LogP contribution in [-0.2, 0) is 11.3 Å². The van der Waals surface area contributed by atoms with Crippen LogP contribution in [-0.4, -0.2) is 45.4 Å². The molecule has 6 heteroatoms. The Morgan fingerprint density at radius 2 is 2.00 bits per heavy atom. The Bertz CT molecular complexity index is 723. The van der Waals surface area contributed by atoms with E-state index in [4.69, 9.17) is 0 Å². The first kappa shape index (κ1) is 16.0. The van der Waals surface area contributed by atoms with Crippen molar-refractivity contribution in [2.75, 3.05) is 24.5 Å². The first-order chi connectivity index (χ1) is 12.2. The largest absolute Gasteiger partial charge is 0.355 e. The summed E-state index contributed by atoms with van der Waals surface area (Å²) in [6, 6.07) is 3.96. The molecule has 4 heterocycles. The molecular formula is C19H23N5O. The van der Waals surface area contributed by atoms with Crippen molar-refractivity contribution >= 4 is 11.7 Å². The van der Waals surface area contributed by atoms with Crippen molar-refractivity contribution in [2.45, 2.75) is 32.2 Å². The van der Waals surface area contributed by atoms with Crippen LogP contribution in [0.4, 0.5) is 5.82 Å². The van der Waals surface area contributed by atoms with Crippen LogP contribution in [0.1, 0.15) is 31.2 Å². The molecule has 2 aliphatic heterocycles. The summed E-state index contributed by atoms with van der Waals surface area (Å²) in [6.45, 7) is 3.43. The number of hydrogen-bond acceptors (Lipinski definition) is 5. The Morgan fingerprint density at radius 3 is 2.80 bits per heavy atom. The van der Waals surface area contributed by atoms with Crippen molar-refractivity contribution in [1.82, 2.24) is 19.9 Å². The zero-order chi connectivity index (χ0) is 17.1. The lowest BCUT2D eigenvalue weighted by Gasteiger charge is -2.48. The first-order valence-corrected chi connectivity index (χ1v) is 8.92. The number of rotatable bonds is 3. The molecule has 1 amide bonds. The summed E-state index contributed by atoms with van der Waals surface area (Å²) in [5.41, 5.74) is 1.25. The molecule has 1 unspecified atom stereocenters. The average Bonchev–Trinajstić information content (AvgIpc) is 2.67. The van der Waals surface area contributed by atoms with Gasteiger partial charge < -0.3 is 9.80 Å². The molecule has 2 saturated heterocycles. The van der Waals surface area contributed by atoms with Gasteiger partial charge in [0.05, 0.1) is 6.20 Å². The minimum atomic E-state index is 0.159. The number of piperidine rings is 2. The number of nitrogens with zero attached hydrogens (tertiary/aromatic N) is 5. The van der Waals surface area contributed by atoms with Crippen LogP contribution < -0.4 is 4.90 Å². The monoisotopic (exact) mass is 337 g/mol. The maximum atomic E-state index is 12.4. The van der Waals surface area contributed by atoms with E-state index >= 15 is 0 Å². The fraction of sp³-hybridized carbons (Fsp3) is 0.474. The summed E-state index contributed by atoms with van der Waals surface area (Å²) in [6.07, 6.45) is 12.8. The van der Waals surface area contributed by atoms with E-state index in [1.165, 1.54) is 6.42 Å². The number of likely N-dealkylation sites (tertiary alicyclic amines) is 1.